The third kappa shape index (κ3) is 4.99. The minimum absolute atomic E-state index is 0.342. The van der Waals surface area contributed by atoms with Gasteiger partial charge in [-0.15, -0.1) is 0 Å². The lowest BCUT2D eigenvalue weighted by molar-refractivity contribution is -0.158. The Morgan fingerprint density at radius 3 is 2.09 bits per heavy atom. The van der Waals surface area contributed by atoms with Gasteiger partial charge in [0.2, 0.25) is 0 Å². The molecule has 0 saturated heterocycles. The summed E-state index contributed by atoms with van der Waals surface area (Å²) in [6.07, 6.45) is 4.09. The fourth-order valence-electron chi connectivity index (χ4n) is 2.04. The van der Waals surface area contributed by atoms with Crippen LogP contribution in [0.2, 0.25) is 0 Å². The molecule has 0 saturated carbocycles. The minimum Gasteiger partial charge on any atom is -0.476 e. The molecule has 0 bridgehead atoms. The van der Waals surface area contributed by atoms with Crippen molar-refractivity contribution in [1.82, 2.24) is 0 Å². The number of carbonyl (C=O) groups is 1. The number of esters is 1. The molecule has 0 atom stereocenters. The molecule has 23 heavy (non-hydrogen) atoms. The molecular formula is C20H22O3. The van der Waals surface area contributed by atoms with Gasteiger partial charge in [-0.2, -0.15) is 0 Å². The Morgan fingerprint density at radius 2 is 1.52 bits per heavy atom. The Kier molecular flexibility index (Phi) is 5.58. The number of rotatable bonds is 6. The van der Waals surface area contributed by atoms with Crippen molar-refractivity contribution >= 4 is 18.1 Å². The van der Waals surface area contributed by atoms with E-state index in [0.717, 1.165) is 11.1 Å². The second-order valence-electron chi connectivity index (χ2n) is 5.65. The van der Waals surface area contributed by atoms with Crippen molar-refractivity contribution in [1.29, 1.82) is 0 Å². The highest BCUT2D eigenvalue weighted by Gasteiger charge is 2.31. The lowest BCUT2D eigenvalue weighted by Gasteiger charge is -2.24. The Hall–Kier alpha value is -2.55. The van der Waals surface area contributed by atoms with Crippen LogP contribution in [-0.2, 0) is 9.53 Å². The van der Waals surface area contributed by atoms with Crippen LogP contribution in [0.15, 0.2) is 54.6 Å². The highest BCUT2D eigenvalue weighted by molar-refractivity contribution is 5.79. The first-order chi connectivity index (χ1) is 11.0. The van der Waals surface area contributed by atoms with Gasteiger partial charge in [0.05, 0.1) is 6.61 Å². The SMILES string of the molecule is CCOC(=O)C(C)(C)Oc1ccc(C=Cc2ccccc2)cc1. The van der Waals surface area contributed by atoms with Crippen molar-refractivity contribution in [2.24, 2.45) is 0 Å². The first-order valence-electron chi connectivity index (χ1n) is 7.71. The Bertz CT molecular complexity index is 655. The van der Waals surface area contributed by atoms with Gasteiger partial charge in [0, 0.05) is 0 Å². The maximum absolute atomic E-state index is 11.8. The third-order valence-electron chi connectivity index (χ3n) is 3.29. The van der Waals surface area contributed by atoms with Crippen molar-refractivity contribution in [3.8, 4) is 5.75 Å². The molecule has 0 aliphatic heterocycles. The fourth-order valence-corrected chi connectivity index (χ4v) is 2.04. The lowest BCUT2D eigenvalue weighted by atomic mass is 10.1. The zero-order valence-electron chi connectivity index (χ0n) is 13.8. The van der Waals surface area contributed by atoms with Gasteiger partial charge in [0.15, 0.2) is 5.60 Å². The Balaban J connectivity index is 2.02. The standard InChI is InChI=1S/C20H22O3/c1-4-22-19(21)20(2,3)23-18-14-12-17(13-15-18)11-10-16-8-6-5-7-9-16/h5-15H,4H2,1-3H3. The number of carbonyl (C=O) groups excluding carboxylic acids is 1. The first kappa shape index (κ1) is 16.8. The molecule has 0 heterocycles. The van der Waals surface area contributed by atoms with Gasteiger partial charge in [-0.25, -0.2) is 4.79 Å². The van der Waals surface area contributed by atoms with E-state index in [1.54, 1.807) is 20.8 Å². The van der Waals surface area contributed by atoms with Crippen molar-refractivity contribution < 1.29 is 14.3 Å². The Labute approximate surface area is 137 Å². The summed E-state index contributed by atoms with van der Waals surface area (Å²) in [5, 5.41) is 0. The number of ether oxygens (including phenoxy) is 2. The van der Waals surface area contributed by atoms with Gasteiger partial charge >= 0.3 is 5.97 Å². The molecule has 2 rings (SSSR count). The molecule has 2 aromatic rings. The van der Waals surface area contributed by atoms with Gasteiger partial charge in [-0.05, 0) is 44.0 Å². The maximum atomic E-state index is 11.8. The van der Waals surface area contributed by atoms with Gasteiger partial charge in [0.1, 0.15) is 5.75 Å². The fraction of sp³-hybridized carbons (Fsp3) is 0.250. The largest absolute Gasteiger partial charge is 0.476 e. The average Bonchev–Trinajstić information content (AvgIpc) is 2.55. The Morgan fingerprint density at radius 1 is 0.957 bits per heavy atom. The van der Waals surface area contributed by atoms with E-state index in [0.29, 0.717) is 12.4 Å². The van der Waals surface area contributed by atoms with Crippen molar-refractivity contribution in [2.75, 3.05) is 6.61 Å². The van der Waals surface area contributed by atoms with E-state index in [2.05, 4.69) is 18.2 Å². The summed E-state index contributed by atoms with van der Waals surface area (Å²) < 4.78 is 10.8. The number of benzene rings is 2. The monoisotopic (exact) mass is 310 g/mol. The van der Waals surface area contributed by atoms with Crippen LogP contribution in [0.25, 0.3) is 12.2 Å². The van der Waals surface area contributed by atoms with E-state index >= 15 is 0 Å². The van der Waals surface area contributed by atoms with Crippen LogP contribution in [0, 0.1) is 0 Å². The first-order valence-corrected chi connectivity index (χ1v) is 7.71. The van der Waals surface area contributed by atoms with Crippen LogP contribution in [0.5, 0.6) is 5.75 Å². The molecule has 3 heteroatoms. The molecule has 0 spiro atoms. The van der Waals surface area contributed by atoms with E-state index in [1.807, 2.05) is 48.5 Å². The summed E-state index contributed by atoms with van der Waals surface area (Å²) in [5.74, 6) is 0.271. The summed E-state index contributed by atoms with van der Waals surface area (Å²) in [5.41, 5.74) is 1.21. The van der Waals surface area contributed by atoms with Crippen LogP contribution in [-0.4, -0.2) is 18.2 Å². The minimum atomic E-state index is -1.00. The number of hydrogen-bond acceptors (Lipinski definition) is 3. The highest BCUT2D eigenvalue weighted by Crippen LogP contribution is 2.21. The van der Waals surface area contributed by atoms with Gasteiger partial charge in [-0.3, -0.25) is 0 Å². The molecule has 0 unspecified atom stereocenters. The lowest BCUT2D eigenvalue weighted by Crippen LogP contribution is -2.39. The van der Waals surface area contributed by atoms with Gasteiger partial charge in [0.25, 0.3) is 0 Å². The van der Waals surface area contributed by atoms with E-state index < -0.39 is 5.60 Å². The zero-order valence-corrected chi connectivity index (χ0v) is 13.8. The topological polar surface area (TPSA) is 35.5 Å². The molecule has 0 aromatic heterocycles. The second kappa shape index (κ2) is 7.63. The van der Waals surface area contributed by atoms with E-state index in [9.17, 15) is 4.79 Å². The van der Waals surface area contributed by atoms with Crippen molar-refractivity contribution in [3.05, 3.63) is 65.7 Å². The second-order valence-corrected chi connectivity index (χ2v) is 5.65. The molecule has 0 aliphatic rings. The van der Waals surface area contributed by atoms with Crippen LogP contribution < -0.4 is 4.74 Å². The molecule has 2 aromatic carbocycles. The van der Waals surface area contributed by atoms with Gasteiger partial charge < -0.3 is 9.47 Å². The molecular weight excluding hydrogens is 288 g/mol. The zero-order chi connectivity index (χ0) is 16.7. The van der Waals surface area contributed by atoms with Crippen LogP contribution in [0.3, 0.4) is 0 Å². The van der Waals surface area contributed by atoms with Crippen LogP contribution >= 0.6 is 0 Å². The molecule has 0 amide bonds. The van der Waals surface area contributed by atoms with E-state index in [-0.39, 0.29) is 5.97 Å². The molecule has 3 nitrogen and oxygen atoms in total. The summed E-state index contributed by atoms with van der Waals surface area (Å²) in [7, 11) is 0. The molecule has 0 N–H and O–H groups in total. The smallest absolute Gasteiger partial charge is 0.349 e. The van der Waals surface area contributed by atoms with E-state index in [4.69, 9.17) is 9.47 Å². The maximum Gasteiger partial charge on any atom is 0.349 e. The third-order valence-corrected chi connectivity index (χ3v) is 3.29. The molecule has 120 valence electrons. The normalized spacial score (nSPS) is 11.4. The van der Waals surface area contributed by atoms with Crippen molar-refractivity contribution in [3.63, 3.8) is 0 Å². The summed E-state index contributed by atoms with van der Waals surface area (Å²) in [4.78, 5) is 11.8. The highest BCUT2D eigenvalue weighted by atomic mass is 16.6. The number of hydrogen-bond donors (Lipinski definition) is 0. The predicted octanol–water partition coefficient (Wildman–Crippen LogP) is 4.58. The summed E-state index contributed by atoms with van der Waals surface area (Å²) in [6, 6.07) is 17.7. The summed E-state index contributed by atoms with van der Waals surface area (Å²) in [6.45, 7) is 5.53. The molecule has 0 radical (unpaired) electrons. The summed E-state index contributed by atoms with van der Waals surface area (Å²) >= 11 is 0. The van der Waals surface area contributed by atoms with Crippen molar-refractivity contribution in [2.45, 2.75) is 26.4 Å². The molecule has 0 aliphatic carbocycles. The molecule has 0 fully saturated rings. The predicted molar refractivity (Wildman–Crippen MR) is 93.2 cm³/mol. The average molecular weight is 310 g/mol. The van der Waals surface area contributed by atoms with E-state index in [1.165, 1.54) is 0 Å². The van der Waals surface area contributed by atoms with Crippen LogP contribution in [0.4, 0.5) is 0 Å². The quantitative estimate of drug-likeness (QED) is 0.579. The van der Waals surface area contributed by atoms with Gasteiger partial charge in [-0.1, -0.05) is 54.6 Å². The van der Waals surface area contributed by atoms with Crippen LogP contribution in [0.1, 0.15) is 31.9 Å².